The second kappa shape index (κ2) is 8.51. The molecule has 1 aliphatic carbocycles. The van der Waals surface area contributed by atoms with Crippen molar-refractivity contribution in [1.29, 1.82) is 0 Å². The fraction of sp³-hybridized carbons (Fsp3) is 0.778. The third-order valence-corrected chi connectivity index (χ3v) is 5.42. The summed E-state index contributed by atoms with van der Waals surface area (Å²) in [5.41, 5.74) is -0.897. The molecule has 8 nitrogen and oxygen atoms in total. The summed E-state index contributed by atoms with van der Waals surface area (Å²) in [6.07, 6.45) is 5.19. The lowest BCUT2D eigenvalue weighted by Crippen LogP contribution is -2.54. The molecule has 0 radical (unpaired) electrons. The van der Waals surface area contributed by atoms with Gasteiger partial charge in [-0.1, -0.05) is 33.1 Å². The summed E-state index contributed by atoms with van der Waals surface area (Å²) in [7, 11) is 1.65. The van der Waals surface area contributed by atoms with E-state index in [0.29, 0.717) is 13.0 Å². The van der Waals surface area contributed by atoms with Gasteiger partial charge in [0.05, 0.1) is 0 Å². The minimum atomic E-state index is -0.897. The lowest BCUT2D eigenvalue weighted by molar-refractivity contribution is -0.153. The average Bonchev–Trinajstić information content (AvgIpc) is 2.85. The highest BCUT2D eigenvalue weighted by atomic mass is 16.5. The Bertz CT molecular complexity index is 579. The molecule has 0 unspecified atom stereocenters. The molecule has 4 amide bonds. The van der Waals surface area contributed by atoms with Crippen LogP contribution in [0.1, 0.15) is 52.4 Å². The van der Waals surface area contributed by atoms with Crippen LogP contribution in [0.2, 0.25) is 0 Å². The lowest BCUT2D eigenvalue weighted by Gasteiger charge is -2.36. The number of hydrogen-bond donors (Lipinski definition) is 1. The molecule has 0 aromatic rings. The summed E-state index contributed by atoms with van der Waals surface area (Å²) in [6, 6.07) is -0.563. The van der Waals surface area contributed by atoms with Gasteiger partial charge in [-0.3, -0.25) is 19.3 Å². The van der Waals surface area contributed by atoms with E-state index in [-0.39, 0.29) is 24.3 Å². The van der Waals surface area contributed by atoms with Crippen molar-refractivity contribution in [2.45, 2.75) is 57.9 Å². The van der Waals surface area contributed by atoms with Crippen molar-refractivity contribution in [2.75, 3.05) is 26.7 Å². The second-order valence-electron chi connectivity index (χ2n) is 7.27. The fourth-order valence-electron chi connectivity index (χ4n) is 3.59. The van der Waals surface area contributed by atoms with Crippen molar-refractivity contribution in [3.8, 4) is 0 Å². The Kier molecular flexibility index (Phi) is 6.61. The number of amides is 4. The van der Waals surface area contributed by atoms with Crippen LogP contribution in [0.4, 0.5) is 4.79 Å². The fourth-order valence-corrected chi connectivity index (χ4v) is 3.59. The van der Waals surface area contributed by atoms with Crippen molar-refractivity contribution < 1.29 is 23.9 Å². The maximum Gasteiger partial charge on any atom is 0.326 e. The van der Waals surface area contributed by atoms with Gasteiger partial charge in [-0.15, -0.1) is 0 Å². The molecular formula is C18H29N3O5. The summed E-state index contributed by atoms with van der Waals surface area (Å²) >= 11 is 0. The first-order valence-electron chi connectivity index (χ1n) is 9.35. The molecule has 0 aromatic heterocycles. The van der Waals surface area contributed by atoms with E-state index in [1.807, 2.05) is 13.8 Å². The Morgan fingerprint density at radius 1 is 1.35 bits per heavy atom. The number of hydrogen-bond acceptors (Lipinski definition) is 5. The minimum Gasteiger partial charge on any atom is -0.454 e. The van der Waals surface area contributed by atoms with Gasteiger partial charge in [0.2, 0.25) is 0 Å². The summed E-state index contributed by atoms with van der Waals surface area (Å²) in [4.78, 5) is 51.3. The Labute approximate surface area is 154 Å². The summed E-state index contributed by atoms with van der Waals surface area (Å²) < 4.78 is 4.96. The molecule has 1 aliphatic heterocycles. The number of likely N-dealkylation sites (N-methyl/N-ethyl adjacent to an activating group) is 1. The van der Waals surface area contributed by atoms with Gasteiger partial charge < -0.3 is 15.0 Å². The molecule has 1 saturated heterocycles. The van der Waals surface area contributed by atoms with Crippen molar-refractivity contribution in [3.63, 3.8) is 0 Å². The highest BCUT2D eigenvalue weighted by Gasteiger charge is 2.55. The SMILES string of the molecule is CCCCN(C)C(=O)COC(=O)CN1C(=O)N[C@@]2(CCCC[C@@H]2C)C1=O. The van der Waals surface area contributed by atoms with Crippen LogP contribution in [0.25, 0.3) is 0 Å². The summed E-state index contributed by atoms with van der Waals surface area (Å²) in [6.45, 7) is 3.72. The molecule has 8 heteroatoms. The highest BCUT2D eigenvalue weighted by molar-refractivity contribution is 6.09. The van der Waals surface area contributed by atoms with Crippen LogP contribution in [0.15, 0.2) is 0 Å². The van der Waals surface area contributed by atoms with Crippen LogP contribution in [0, 0.1) is 5.92 Å². The van der Waals surface area contributed by atoms with Gasteiger partial charge in [0.15, 0.2) is 6.61 Å². The first kappa shape index (κ1) is 20.2. The van der Waals surface area contributed by atoms with E-state index in [4.69, 9.17) is 4.74 Å². The zero-order valence-corrected chi connectivity index (χ0v) is 15.9. The van der Waals surface area contributed by atoms with Gasteiger partial charge in [-0.2, -0.15) is 0 Å². The molecule has 1 saturated carbocycles. The highest BCUT2D eigenvalue weighted by Crippen LogP contribution is 2.38. The van der Waals surface area contributed by atoms with Gasteiger partial charge in [0.1, 0.15) is 12.1 Å². The van der Waals surface area contributed by atoms with Crippen LogP contribution >= 0.6 is 0 Å². The molecule has 1 spiro atoms. The maximum atomic E-state index is 12.8. The molecule has 0 aromatic carbocycles. The molecule has 2 aliphatic rings. The Balaban J connectivity index is 1.88. The minimum absolute atomic E-state index is 0.0301. The first-order valence-corrected chi connectivity index (χ1v) is 9.35. The molecular weight excluding hydrogens is 338 g/mol. The van der Waals surface area contributed by atoms with E-state index >= 15 is 0 Å². The van der Waals surface area contributed by atoms with Crippen LogP contribution in [0.5, 0.6) is 0 Å². The van der Waals surface area contributed by atoms with Crippen molar-refractivity contribution in [2.24, 2.45) is 5.92 Å². The van der Waals surface area contributed by atoms with Crippen LogP contribution < -0.4 is 5.32 Å². The molecule has 2 fully saturated rings. The smallest absolute Gasteiger partial charge is 0.326 e. The topological polar surface area (TPSA) is 96.0 Å². The molecule has 1 heterocycles. The lowest BCUT2D eigenvalue weighted by atomic mass is 9.73. The standard InChI is InChI=1S/C18H29N3O5/c1-4-5-10-20(3)14(22)12-26-15(23)11-21-16(24)18(19-17(21)25)9-7-6-8-13(18)2/h13H,4-12H2,1-3H3,(H,19,25)/t13-,18+/m0/s1. The Morgan fingerprint density at radius 2 is 2.08 bits per heavy atom. The second-order valence-corrected chi connectivity index (χ2v) is 7.27. The summed E-state index contributed by atoms with van der Waals surface area (Å²) in [5.74, 6) is -1.40. The number of unbranched alkanes of at least 4 members (excludes halogenated alkanes) is 1. The van der Waals surface area contributed by atoms with E-state index in [2.05, 4.69) is 5.32 Å². The number of rotatable bonds is 7. The quantitative estimate of drug-likeness (QED) is 0.540. The van der Waals surface area contributed by atoms with Crippen molar-refractivity contribution in [1.82, 2.24) is 15.1 Å². The molecule has 1 N–H and O–H groups in total. The van der Waals surface area contributed by atoms with E-state index in [1.54, 1.807) is 7.05 Å². The normalized spacial score (nSPS) is 25.3. The maximum absolute atomic E-state index is 12.8. The van der Waals surface area contributed by atoms with Crippen LogP contribution in [0.3, 0.4) is 0 Å². The van der Waals surface area contributed by atoms with Crippen LogP contribution in [-0.4, -0.2) is 65.9 Å². The van der Waals surface area contributed by atoms with E-state index in [1.165, 1.54) is 4.90 Å². The predicted molar refractivity (Wildman–Crippen MR) is 94.1 cm³/mol. The third-order valence-electron chi connectivity index (χ3n) is 5.42. The Morgan fingerprint density at radius 3 is 2.73 bits per heavy atom. The van der Waals surface area contributed by atoms with Gasteiger partial charge in [0, 0.05) is 13.6 Å². The van der Waals surface area contributed by atoms with Gasteiger partial charge in [-0.05, 0) is 25.2 Å². The number of esters is 1. The summed E-state index contributed by atoms with van der Waals surface area (Å²) in [5, 5.41) is 2.78. The van der Waals surface area contributed by atoms with Crippen LogP contribution in [-0.2, 0) is 19.1 Å². The van der Waals surface area contributed by atoms with Gasteiger partial charge in [0.25, 0.3) is 11.8 Å². The van der Waals surface area contributed by atoms with E-state index in [9.17, 15) is 19.2 Å². The predicted octanol–water partition coefficient (Wildman–Crippen LogP) is 1.29. The number of imide groups is 1. The average molecular weight is 367 g/mol. The van der Waals surface area contributed by atoms with Crippen molar-refractivity contribution in [3.05, 3.63) is 0 Å². The molecule has 0 bridgehead atoms. The number of ether oxygens (including phenoxy) is 1. The molecule has 146 valence electrons. The number of carbonyl (C=O) groups is 4. The van der Waals surface area contributed by atoms with Gasteiger partial charge in [-0.25, -0.2) is 4.79 Å². The zero-order chi connectivity index (χ0) is 19.3. The Hall–Kier alpha value is -2.12. The van der Waals surface area contributed by atoms with E-state index in [0.717, 1.165) is 37.0 Å². The number of carbonyl (C=O) groups excluding carboxylic acids is 4. The number of nitrogens with zero attached hydrogens (tertiary/aromatic N) is 2. The molecule has 26 heavy (non-hydrogen) atoms. The first-order chi connectivity index (χ1) is 12.3. The molecule has 2 rings (SSSR count). The third kappa shape index (κ3) is 4.16. The molecule has 2 atom stereocenters. The van der Waals surface area contributed by atoms with Crippen molar-refractivity contribution >= 4 is 23.8 Å². The zero-order valence-electron chi connectivity index (χ0n) is 15.9. The largest absolute Gasteiger partial charge is 0.454 e. The number of nitrogens with one attached hydrogen (secondary N) is 1. The monoisotopic (exact) mass is 367 g/mol. The number of urea groups is 1. The van der Waals surface area contributed by atoms with Gasteiger partial charge >= 0.3 is 12.0 Å². The van der Waals surface area contributed by atoms with E-state index < -0.39 is 24.1 Å².